The molecule has 2 heteroatoms. The molecule has 0 fully saturated rings. The molecule has 1 aromatic rings. The Morgan fingerprint density at radius 1 is 1.35 bits per heavy atom. The van der Waals surface area contributed by atoms with Crippen molar-refractivity contribution in [3.8, 4) is 6.07 Å². The van der Waals surface area contributed by atoms with Crippen LogP contribution in [-0.4, -0.2) is 5.78 Å². The highest BCUT2D eigenvalue weighted by Crippen LogP contribution is 2.49. The van der Waals surface area contributed by atoms with E-state index in [1.54, 1.807) is 0 Å². The number of carbonyl (C=O) groups is 1. The van der Waals surface area contributed by atoms with E-state index < -0.39 is 5.92 Å². The SMILES string of the molecule is CCC(C)(C)C1c2ccccc2C(=O)C1C#N. The topological polar surface area (TPSA) is 40.9 Å². The van der Waals surface area contributed by atoms with E-state index in [0.29, 0.717) is 0 Å². The monoisotopic (exact) mass is 227 g/mol. The van der Waals surface area contributed by atoms with Gasteiger partial charge in [0.15, 0.2) is 5.78 Å². The number of carbonyl (C=O) groups excluding carboxylic acids is 1. The van der Waals surface area contributed by atoms with E-state index in [0.717, 1.165) is 17.5 Å². The van der Waals surface area contributed by atoms with Crippen LogP contribution < -0.4 is 0 Å². The second-order valence-corrected chi connectivity index (χ2v) is 5.38. The largest absolute Gasteiger partial charge is 0.293 e. The van der Waals surface area contributed by atoms with E-state index in [1.807, 2.05) is 24.3 Å². The summed E-state index contributed by atoms with van der Waals surface area (Å²) in [6, 6.07) is 9.85. The molecule has 0 bridgehead atoms. The summed E-state index contributed by atoms with van der Waals surface area (Å²) in [7, 11) is 0. The minimum absolute atomic E-state index is 0.00498. The first-order valence-electron chi connectivity index (χ1n) is 6.05. The van der Waals surface area contributed by atoms with Gasteiger partial charge in [-0.1, -0.05) is 51.5 Å². The Bertz CT molecular complexity index is 496. The molecule has 17 heavy (non-hydrogen) atoms. The maximum atomic E-state index is 12.2. The van der Waals surface area contributed by atoms with Gasteiger partial charge in [0.25, 0.3) is 0 Å². The Morgan fingerprint density at radius 3 is 2.59 bits per heavy atom. The third-order valence-corrected chi connectivity index (χ3v) is 4.07. The van der Waals surface area contributed by atoms with E-state index in [2.05, 4.69) is 26.8 Å². The van der Waals surface area contributed by atoms with Gasteiger partial charge in [0.1, 0.15) is 5.92 Å². The molecule has 1 aliphatic carbocycles. The molecular weight excluding hydrogens is 210 g/mol. The lowest BCUT2D eigenvalue weighted by molar-refractivity contribution is 0.0922. The van der Waals surface area contributed by atoms with Gasteiger partial charge in [-0.3, -0.25) is 4.79 Å². The molecule has 0 heterocycles. The van der Waals surface area contributed by atoms with Gasteiger partial charge in [-0.25, -0.2) is 0 Å². The fraction of sp³-hybridized carbons (Fsp3) is 0.467. The van der Waals surface area contributed by atoms with Crippen LogP contribution in [-0.2, 0) is 0 Å². The molecule has 2 atom stereocenters. The summed E-state index contributed by atoms with van der Waals surface area (Å²) < 4.78 is 0. The third-order valence-electron chi connectivity index (χ3n) is 4.07. The predicted molar refractivity (Wildman–Crippen MR) is 66.7 cm³/mol. The lowest BCUT2D eigenvalue weighted by atomic mass is 9.70. The van der Waals surface area contributed by atoms with Gasteiger partial charge in [-0.15, -0.1) is 0 Å². The summed E-state index contributed by atoms with van der Waals surface area (Å²) in [6.45, 7) is 6.38. The van der Waals surface area contributed by atoms with E-state index in [4.69, 9.17) is 0 Å². The second-order valence-electron chi connectivity index (χ2n) is 5.38. The number of fused-ring (bicyclic) bond motifs is 1. The Kier molecular flexibility index (Phi) is 2.79. The summed E-state index contributed by atoms with van der Waals surface area (Å²) in [4.78, 5) is 12.2. The molecule has 1 aliphatic rings. The summed E-state index contributed by atoms with van der Waals surface area (Å²) >= 11 is 0. The molecule has 0 radical (unpaired) electrons. The highest BCUT2D eigenvalue weighted by atomic mass is 16.1. The number of hydrogen-bond donors (Lipinski definition) is 0. The smallest absolute Gasteiger partial charge is 0.180 e. The normalized spacial score (nSPS) is 23.3. The number of rotatable bonds is 2. The van der Waals surface area contributed by atoms with Crippen LogP contribution in [0.15, 0.2) is 24.3 Å². The molecule has 0 aliphatic heterocycles. The van der Waals surface area contributed by atoms with E-state index >= 15 is 0 Å². The third kappa shape index (κ3) is 1.67. The average molecular weight is 227 g/mol. The van der Waals surface area contributed by atoms with Gasteiger partial charge in [-0.2, -0.15) is 5.26 Å². The highest BCUT2D eigenvalue weighted by molar-refractivity contribution is 6.04. The maximum absolute atomic E-state index is 12.2. The van der Waals surface area contributed by atoms with Crippen molar-refractivity contribution in [3.63, 3.8) is 0 Å². The zero-order valence-electron chi connectivity index (χ0n) is 10.5. The van der Waals surface area contributed by atoms with Crippen molar-refractivity contribution in [1.29, 1.82) is 5.26 Å². The van der Waals surface area contributed by atoms with Gasteiger partial charge < -0.3 is 0 Å². The summed E-state index contributed by atoms with van der Waals surface area (Å²) in [5.74, 6) is -0.488. The molecule has 0 N–H and O–H groups in total. The molecule has 0 aromatic heterocycles. The maximum Gasteiger partial charge on any atom is 0.180 e. The molecule has 2 nitrogen and oxygen atoms in total. The highest BCUT2D eigenvalue weighted by Gasteiger charge is 2.46. The number of hydrogen-bond acceptors (Lipinski definition) is 2. The molecule has 0 spiro atoms. The van der Waals surface area contributed by atoms with Crippen LogP contribution in [0.4, 0.5) is 0 Å². The van der Waals surface area contributed by atoms with Crippen molar-refractivity contribution in [2.45, 2.75) is 33.1 Å². The summed E-state index contributed by atoms with van der Waals surface area (Å²) in [6.07, 6.45) is 0.956. The van der Waals surface area contributed by atoms with Crippen LogP contribution in [0.5, 0.6) is 0 Å². The molecule has 2 unspecified atom stereocenters. The first kappa shape index (κ1) is 11.9. The summed E-state index contributed by atoms with van der Waals surface area (Å²) in [5, 5.41) is 9.27. The van der Waals surface area contributed by atoms with Gasteiger partial charge in [-0.05, 0) is 11.0 Å². The standard InChI is InChI=1S/C15H17NO/c1-4-15(2,3)13-10-7-5-6-8-11(10)14(17)12(13)9-16/h5-8,12-13H,4H2,1-3H3. The number of nitriles is 1. The Balaban J connectivity index is 2.59. The van der Waals surface area contributed by atoms with Crippen molar-refractivity contribution in [2.24, 2.45) is 11.3 Å². The Hall–Kier alpha value is -1.62. The Morgan fingerprint density at radius 2 is 2.00 bits per heavy atom. The molecule has 0 amide bonds. The minimum atomic E-state index is -0.512. The lowest BCUT2D eigenvalue weighted by Crippen LogP contribution is -2.26. The minimum Gasteiger partial charge on any atom is -0.293 e. The van der Waals surface area contributed by atoms with Crippen molar-refractivity contribution in [2.75, 3.05) is 0 Å². The molecular formula is C15H17NO. The zero-order chi connectivity index (χ0) is 12.6. The molecule has 88 valence electrons. The van der Waals surface area contributed by atoms with E-state index in [9.17, 15) is 10.1 Å². The fourth-order valence-electron chi connectivity index (χ4n) is 2.72. The molecule has 1 aromatic carbocycles. The number of benzene rings is 1. The Labute approximate surface area is 102 Å². The van der Waals surface area contributed by atoms with Crippen molar-refractivity contribution in [3.05, 3.63) is 35.4 Å². The molecule has 0 saturated carbocycles. The first-order chi connectivity index (χ1) is 8.03. The van der Waals surface area contributed by atoms with Gasteiger partial charge in [0.05, 0.1) is 6.07 Å². The van der Waals surface area contributed by atoms with Gasteiger partial charge >= 0.3 is 0 Å². The van der Waals surface area contributed by atoms with Crippen LogP contribution in [0, 0.1) is 22.7 Å². The van der Waals surface area contributed by atoms with Gasteiger partial charge in [0.2, 0.25) is 0 Å². The van der Waals surface area contributed by atoms with Crippen LogP contribution in [0.25, 0.3) is 0 Å². The fourth-order valence-corrected chi connectivity index (χ4v) is 2.72. The number of Topliss-reactive ketones (excluding diaryl/α,β-unsaturated/α-hetero) is 1. The predicted octanol–water partition coefficient (Wildman–Crippen LogP) is 3.54. The van der Waals surface area contributed by atoms with E-state index in [-0.39, 0.29) is 17.1 Å². The van der Waals surface area contributed by atoms with E-state index in [1.165, 1.54) is 0 Å². The van der Waals surface area contributed by atoms with Crippen LogP contribution in [0.3, 0.4) is 0 Å². The van der Waals surface area contributed by atoms with Crippen LogP contribution in [0.2, 0.25) is 0 Å². The van der Waals surface area contributed by atoms with Crippen LogP contribution >= 0.6 is 0 Å². The second kappa shape index (κ2) is 4.00. The van der Waals surface area contributed by atoms with Crippen molar-refractivity contribution < 1.29 is 4.79 Å². The first-order valence-corrected chi connectivity index (χ1v) is 6.05. The molecule has 0 saturated heterocycles. The van der Waals surface area contributed by atoms with Crippen molar-refractivity contribution >= 4 is 5.78 Å². The number of nitrogens with zero attached hydrogens (tertiary/aromatic N) is 1. The quantitative estimate of drug-likeness (QED) is 0.775. The average Bonchev–Trinajstić information content (AvgIpc) is 2.63. The van der Waals surface area contributed by atoms with Gasteiger partial charge in [0, 0.05) is 11.5 Å². The lowest BCUT2D eigenvalue weighted by Gasteiger charge is -2.32. The zero-order valence-corrected chi connectivity index (χ0v) is 10.5. The van der Waals surface area contributed by atoms with Crippen LogP contribution in [0.1, 0.15) is 49.0 Å². The molecule has 2 rings (SSSR count). The van der Waals surface area contributed by atoms with Crippen molar-refractivity contribution in [1.82, 2.24) is 0 Å². The number of ketones is 1. The summed E-state index contributed by atoms with van der Waals surface area (Å²) in [5.41, 5.74) is 1.77.